The Morgan fingerprint density at radius 2 is 1.65 bits per heavy atom. The molecule has 1 aliphatic rings. The summed E-state index contributed by atoms with van der Waals surface area (Å²) in [4.78, 5) is 8.55. The Morgan fingerprint density at radius 3 is 2.29 bits per heavy atom. The molecule has 0 bridgehead atoms. The van der Waals surface area contributed by atoms with Crippen LogP contribution in [0.25, 0.3) is 11.1 Å². The minimum atomic E-state index is -0.765. The molecule has 2 aromatic rings. The monoisotopic (exact) mass is 228 g/mol. The van der Waals surface area contributed by atoms with Gasteiger partial charge in [-0.3, -0.25) is 9.97 Å². The van der Waals surface area contributed by atoms with E-state index in [1.54, 1.807) is 19.5 Å². The molecule has 2 aromatic heterocycles. The van der Waals surface area contributed by atoms with Gasteiger partial charge < -0.3 is 9.84 Å². The van der Waals surface area contributed by atoms with Gasteiger partial charge >= 0.3 is 0 Å². The highest BCUT2D eigenvalue weighted by Crippen LogP contribution is 2.43. The summed E-state index contributed by atoms with van der Waals surface area (Å²) in [5.41, 5.74) is 3.33. The molecule has 17 heavy (non-hydrogen) atoms. The average Bonchev–Trinajstić information content (AvgIpc) is 2.40. The maximum Gasteiger partial charge on any atom is 0.131 e. The highest BCUT2D eigenvalue weighted by atomic mass is 16.5. The molecule has 0 amide bonds. The van der Waals surface area contributed by atoms with Crippen molar-refractivity contribution in [1.82, 2.24) is 9.97 Å². The molecule has 0 radical (unpaired) electrons. The van der Waals surface area contributed by atoms with E-state index in [4.69, 9.17) is 4.74 Å². The highest BCUT2D eigenvalue weighted by Gasteiger charge is 2.34. The third kappa shape index (κ3) is 1.45. The van der Waals surface area contributed by atoms with E-state index in [1.165, 1.54) is 0 Å². The third-order valence-corrected chi connectivity index (χ3v) is 3.06. The Balaban J connectivity index is 2.29. The number of ether oxygens (including phenoxy) is 1. The molecule has 0 saturated carbocycles. The quantitative estimate of drug-likeness (QED) is 0.809. The molecule has 0 fully saturated rings. The lowest BCUT2D eigenvalue weighted by Gasteiger charge is -2.29. The summed E-state index contributed by atoms with van der Waals surface area (Å²) in [5.74, 6) is 0. The fourth-order valence-corrected chi connectivity index (χ4v) is 2.29. The van der Waals surface area contributed by atoms with E-state index >= 15 is 0 Å². The van der Waals surface area contributed by atoms with Crippen LogP contribution in [0.2, 0.25) is 0 Å². The first-order valence-electron chi connectivity index (χ1n) is 5.44. The lowest BCUT2D eigenvalue weighted by Crippen LogP contribution is -2.21. The second-order valence-corrected chi connectivity index (χ2v) is 3.97. The highest BCUT2D eigenvalue weighted by molar-refractivity contribution is 5.71. The largest absolute Gasteiger partial charge is 0.384 e. The van der Waals surface area contributed by atoms with Crippen molar-refractivity contribution in [3.8, 4) is 11.1 Å². The van der Waals surface area contributed by atoms with Crippen LogP contribution in [-0.4, -0.2) is 22.2 Å². The van der Waals surface area contributed by atoms with Crippen molar-refractivity contribution >= 4 is 0 Å². The first kappa shape index (κ1) is 10.4. The standard InChI is InChI=1S/C13H12N2O2/c1-17-13-11-9(5-3-7-15-11)8-4-2-6-14-10(8)12(13)16/h2-7,12-13,16H,1H3. The van der Waals surface area contributed by atoms with Crippen LogP contribution >= 0.6 is 0 Å². The predicted octanol–water partition coefficient (Wildman–Crippen LogP) is 1.88. The Kier molecular flexibility index (Phi) is 2.39. The number of aromatic nitrogens is 2. The van der Waals surface area contributed by atoms with Crippen molar-refractivity contribution in [3.63, 3.8) is 0 Å². The molecular weight excluding hydrogens is 216 g/mol. The summed E-state index contributed by atoms with van der Waals surface area (Å²) >= 11 is 0. The fraction of sp³-hybridized carbons (Fsp3) is 0.231. The molecular formula is C13H12N2O2. The van der Waals surface area contributed by atoms with E-state index in [1.807, 2.05) is 24.3 Å². The molecule has 1 aliphatic carbocycles. The van der Waals surface area contributed by atoms with E-state index in [0.717, 1.165) is 16.8 Å². The van der Waals surface area contributed by atoms with E-state index in [9.17, 15) is 5.11 Å². The van der Waals surface area contributed by atoms with Crippen LogP contribution in [0, 0.1) is 0 Å². The number of hydrogen-bond donors (Lipinski definition) is 1. The summed E-state index contributed by atoms with van der Waals surface area (Å²) in [6.45, 7) is 0. The molecule has 86 valence electrons. The van der Waals surface area contributed by atoms with Crippen molar-refractivity contribution in [3.05, 3.63) is 48.0 Å². The lowest BCUT2D eigenvalue weighted by atomic mass is 9.88. The fourth-order valence-electron chi connectivity index (χ4n) is 2.29. The minimum Gasteiger partial charge on any atom is -0.384 e. The average molecular weight is 228 g/mol. The van der Waals surface area contributed by atoms with Crippen molar-refractivity contribution in [2.75, 3.05) is 7.11 Å². The van der Waals surface area contributed by atoms with E-state index in [-0.39, 0.29) is 0 Å². The Hall–Kier alpha value is -1.78. The summed E-state index contributed by atoms with van der Waals surface area (Å²) in [6.07, 6.45) is 2.17. The van der Waals surface area contributed by atoms with Gasteiger partial charge in [-0.2, -0.15) is 0 Å². The van der Waals surface area contributed by atoms with Crippen molar-refractivity contribution < 1.29 is 9.84 Å². The summed E-state index contributed by atoms with van der Waals surface area (Å²) in [5, 5.41) is 10.2. The molecule has 2 unspecified atom stereocenters. The van der Waals surface area contributed by atoms with Crippen LogP contribution in [0.1, 0.15) is 23.6 Å². The number of methoxy groups -OCH3 is 1. The SMILES string of the molecule is COC1c2ncccc2-c2cccnc2C1O. The van der Waals surface area contributed by atoms with E-state index in [0.29, 0.717) is 5.69 Å². The van der Waals surface area contributed by atoms with Crippen LogP contribution in [0.4, 0.5) is 0 Å². The van der Waals surface area contributed by atoms with Gasteiger partial charge in [0.2, 0.25) is 0 Å². The molecule has 0 spiro atoms. The number of hydrogen-bond acceptors (Lipinski definition) is 4. The molecule has 4 heteroatoms. The molecule has 0 saturated heterocycles. The zero-order valence-corrected chi connectivity index (χ0v) is 9.37. The number of aliphatic hydroxyl groups excluding tert-OH is 1. The van der Waals surface area contributed by atoms with Gasteiger partial charge in [-0.25, -0.2) is 0 Å². The van der Waals surface area contributed by atoms with Gasteiger partial charge in [-0.1, -0.05) is 12.1 Å². The lowest BCUT2D eigenvalue weighted by molar-refractivity contribution is -0.0208. The minimum absolute atomic E-state index is 0.450. The molecule has 0 aliphatic heterocycles. The first-order chi connectivity index (χ1) is 8.33. The summed E-state index contributed by atoms with van der Waals surface area (Å²) < 4.78 is 5.33. The molecule has 3 rings (SSSR count). The zero-order valence-electron chi connectivity index (χ0n) is 9.37. The van der Waals surface area contributed by atoms with Crippen molar-refractivity contribution in [2.45, 2.75) is 12.2 Å². The van der Waals surface area contributed by atoms with Gasteiger partial charge in [0.15, 0.2) is 0 Å². The number of fused-ring (bicyclic) bond motifs is 3. The second-order valence-electron chi connectivity index (χ2n) is 3.97. The number of aliphatic hydroxyl groups is 1. The molecule has 0 aromatic carbocycles. The van der Waals surface area contributed by atoms with Gasteiger partial charge in [0, 0.05) is 30.6 Å². The maximum atomic E-state index is 10.2. The van der Waals surface area contributed by atoms with Crippen LogP contribution in [0.3, 0.4) is 0 Å². The van der Waals surface area contributed by atoms with Gasteiger partial charge in [0.25, 0.3) is 0 Å². The zero-order chi connectivity index (χ0) is 11.8. The van der Waals surface area contributed by atoms with Gasteiger partial charge in [-0.15, -0.1) is 0 Å². The van der Waals surface area contributed by atoms with Crippen molar-refractivity contribution in [2.24, 2.45) is 0 Å². The van der Waals surface area contributed by atoms with E-state index < -0.39 is 12.2 Å². The predicted molar refractivity (Wildman–Crippen MR) is 62.2 cm³/mol. The maximum absolute atomic E-state index is 10.2. The van der Waals surface area contributed by atoms with Gasteiger partial charge in [-0.05, 0) is 12.1 Å². The van der Waals surface area contributed by atoms with Gasteiger partial charge in [0.05, 0.1) is 11.4 Å². The summed E-state index contributed by atoms with van der Waals surface area (Å²) in [6, 6.07) is 7.65. The Bertz CT molecular complexity index is 557. The number of rotatable bonds is 1. The van der Waals surface area contributed by atoms with Crippen LogP contribution in [-0.2, 0) is 4.74 Å². The molecule has 1 N–H and O–H groups in total. The number of nitrogens with zero attached hydrogens (tertiary/aromatic N) is 2. The van der Waals surface area contributed by atoms with Gasteiger partial charge in [0.1, 0.15) is 12.2 Å². The second kappa shape index (κ2) is 3.91. The molecule has 2 heterocycles. The van der Waals surface area contributed by atoms with E-state index in [2.05, 4.69) is 9.97 Å². The van der Waals surface area contributed by atoms with Crippen LogP contribution < -0.4 is 0 Å². The topological polar surface area (TPSA) is 55.2 Å². The third-order valence-electron chi connectivity index (χ3n) is 3.06. The van der Waals surface area contributed by atoms with Crippen molar-refractivity contribution in [1.29, 1.82) is 0 Å². The Morgan fingerprint density at radius 1 is 1.06 bits per heavy atom. The summed E-state index contributed by atoms with van der Waals surface area (Å²) in [7, 11) is 1.57. The Labute approximate surface area is 98.9 Å². The normalized spacial score (nSPS) is 21.8. The van der Waals surface area contributed by atoms with Crippen LogP contribution in [0.15, 0.2) is 36.7 Å². The molecule has 4 nitrogen and oxygen atoms in total. The smallest absolute Gasteiger partial charge is 0.131 e. The van der Waals surface area contributed by atoms with Crippen LogP contribution in [0.5, 0.6) is 0 Å². The number of pyridine rings is 2. The first-order valence-corrected chi connectivity index (χ1v) is 5.44. The molecule has 2 atom stereocenters.